The smallest absolute Gasteiger partial charge is 0.215 e. The fraction of sp³-hybridized carbons (Fsp3) is 0.412. The molecule has 6 nitrogen and oxygen atoms in total. The lowest BCUT2D eigenvalue weighted by atomic mass is 10.1. The zero-order valence-corrected chi connectivity index (χ0v) is 25.2. The molecule has 0 amide bonds. The number of nitrogens with one attached hydrogen (secondary N) is 1. The van der Waals surface area contributed by atoms with Crippen molar-refractivity contribution in [3.05, 3.63) is 83.4 Å². The molecular formula is C34H44N2O4S. The van der Waals surface area contributed by atoms with Gasteiger partial charge in [0.15, 0.2) is 0 Å². The molecule has 0 radical (unpaired) electrons. The number of aromatic nitrogens is 1. The molecule has 1 heterocycles. The number of benzene rings is 3. The Morgan fingerprint density at radius 3 is 2.02 bits per heavy atom. The van der Waals surface area contributed by atoms with Gasteiger partial charge in [-0.15, -0.1) is 0 Å². The fourth-order valence-electron chi connectivity index (χ4n) is 5.62. The zero-order valence-electron chi connectivity index (χ0n) is 24.4. The van der Waals surface area contributed by atoms with Gasteiger partial charge in [0.2, 0.25) is 10.0 Å². The number of aromatic hydroxyl groups is 2. The van der Waals surface area contributed by atoms with Gasteiger partial charge in [-0.05, 0) is 91.4 Å². The number of phenolic OH excluding ortho intramolecular Hbond substituents is 2. The van der Waals surface area contributed by atoms with Gasteiger partial charge in [-0.1, -0.05) is 69.2 Å². The van der Waals surface area contributed by atoms with Crippen molar-refractivity contribution >= 4 is 20.9 Å². The largest absolute Gasteiger partial charge is 0.508 e. The first-order valence-electron chi connectivity index (χ1n) is 14.9. The Balaban J connectivity index is 1.14. The van der Waals surface area contributed by atoms with Gasteiger partial charge >= 0.3 is 0 Å². The second-order valence-corrected chi connectivity index (χ2v) is 12.9. The number of sulfonamides is 1. The fourth-order valence-corrected chi connectivity index (χ4v) is 6.91. The Morgan fingerprint density at radius 2 is 1.34 bits per heavy atom. The lowest BCUT2D eigenvalue weighted by Gasteiger charge is -2.12. The average Bonchev–Trinajstić information content (AvgIpc) is 3.21. The van der Waals surface area contributed by atoms with E-state index in [1.807, 2.05) is 55.5 Å². The number of unbranched alkanes of at least 4 members (excludes halogenated alkanes) is 8. The third-order valence-corrected chi connectivity index (χ3v) is 9.26. The minimum atomic E-state index is -3.29. The Morgan fingerprint density at radius 1 is 0.732 bits per heavy atom. The number of rotatable bonds is 16. The van der Waals surface area contributed by atoms with E-state index in [4.69, 9.17) is 0 Å². The average molecular weight is 577 g/mol. The van der Waals surface area contributed by atoms with Crippen LogP contribution in [0, 0.1) is 13.8 Å². The lowest BCUT2D eigenvalue weighted by molar-refractivity contribution is 0.475. The van der Waals surface area contributed by atoms with Crippen LogP contribution in [0.3, 0.4) is 0 Å². The standard InChI is InChI=1S/C34H44N2O4S/c1-26-14-10-11-15-29(26)25-41(39,40)35-22-12-8-6-4-3-5-7-9-13-23-36-33-21-20-31(38)24-32(33)27(2)34(36)28-16-18-30(37)19-17-28/h10-11,14-21,24,35,37-38H,3-9,12-13,22-23,25H2,1-2H3. The number of aryl methyl sites for hydroxylation is 3. The Bertz CT molecular complexity index is 1520. The summed E-state index contributed by atoms with van der Waals surface area (Å²) in [6.07, 6.45) is 10.1. The Hall–Kier alpha value is -3.29. The third kappa shape index (κ3) is 8.60. The van der Waals surface area contributed by atoms with Crippen LogP contribution >= 0.6 is 0 Å². The van der Waals surface area contributed by atoms with E-state index in [0.717, 1.165) is 77.5 Å². The summed E-state index contributed by atoms with van der Waals surface area (Å²) in [4.78, 5) is 0. The van der Waals surface area contributed by atoms with Crippen molar-refractivity contribution < 1.29 is 18.6 Å². The predicted molar refractivity (Wildman–Crippen MR) is 169 cm³/mol. The number of phenols is 2. The van der Waals surface area contributed by atoms with Crippen LogP contribution in [0.2, 0.25) is 0 Å². The minimum Gasteiger partial charge on any atom is -0.508 e. The Kier molecular flexibility index (Phi) is 10.9. The first kappa shape index (κ1) is 30.7. The van der Waals surface area contributed by atoms with Crippen LogP contribution < -0.4 is 4.72 Å². The molecule has 41 heavy (non-hydrogen) atoms. The summed E-state index contributed by atoms with van der Waals surface area (Å²) in [5.41, 5.74) is 6.33. The van der Waals surface area contributed by atoms with Crippen molar-refractivity contribution in [3.63, 3.8) is 0 Å². The maximum atomic E-state index is 12.4. The van der Waals surface area contributed by atoms with Gasteiger partial charge in [-0.25, -0.2) is 13.1 Å². The van der Waals surface area contributed by atoms with Crippen LogP contribution in [0.4, 0.5) is 0 Å². The second-order valence-electron chi connectivity index (χ2n) is 11.1. The van der Waals surface area contributed by atoms with Crippen LogP contribution in [-0.4, -0.2) is 29.7 Å². The molecule has 0 aliphatic rings. The van der Waals surface area contributed by atoms with E-state index < -0.39 is 10.0 Å². The van der Waals surface area contributed by atoms with E-state index in [0.29, 0.717) is 6.54 Å². The van der Waals surface area contributed by atoms with Crippen LogP contribution in [0.1, 0.15) is 74.5 Å². The highest BCUT2D eigenvalue weighted by Crippen LogP contribution is 2.36. The molecule has 220 valence electrons. The van der Waals surface area contributed by atoms with Crippen molar-refractivity contribution in [2.75, 3.05) is 6.54 Å². The highest BCUT2D eigenvalue weighted by Gasteiger charge is 2.16. The van der Waals surface area contributed by atoms with Gasteiger partial charge in [-0.3, -0.25) is 0 Å². The highest BCUT2D eigenvalue weighted by atomic mass is 32.2. The summed E-state index contributed by atoms with van der Waals surface area (Å²) in [6.45, 7) is 5.46. The maximum absolute atomic E-state index is 12.4. The van der Waals surface area contributed by atoms with Crippen LogP contribution in [0.25, 0.3) is 22.2 Å². The predicted octanol–water partition coefficient (Wildman–Crippen LogP) is 7.97. The third-order valence-electron chi connectivity index (χ3n) is 7.93. The molecule has 4 aromatic rings. The van der Waals surface area contributed by atoms with Crippen LogP contribution in [0.15, 0.2) is 66.7 Å². The van der Waals surface area contributed by atoms with Crippen molar-refractivity contribution in [3.8, 4) is 22.8 Å². The van der Waals surface area contributed by atoms with Gasteiger partial charge < -0.3 is 14.8 Å². The van der Waals surface area contributed by atoms with E-state index in [-0.39, 0.29) is 17.3 Å². The number of hydrogen-bond donors (Lipinski definition) is 3. The molecule has 0 saturated heterocycles. The van der Waals surface area contributed by atoms with Gasteiger partial charge in [-0.2, -0.15) is 0 Å². The molecule has 0 saturated carbocycles. The first-order valence-corrected chi connectivity index (χ1v) is 16.5. The molecule has 0 aliphatic heterocycles. The molecule has 0 unspecified atom stereocenters. The molecule has 0 aliphatic carbocycles. The second kappa shape index (κ2) is 14.6. The van der Waals surface area contributed by atoms with Crippen molar-refractivity contribution in [1.29, 1.82) is 0 Å². The number of hydrogen-bond acceptors (Lipinski definition) is 4. The van der Waals surface area contributed by atoms with E-state index in [2.05, 4.69) is 16.2 Å². The summed E-state index contributed by atoms with van der Waals surface area (Å²) in [6, 6.07) is 20.6. The molecular weight excluding hydrogens is 532 g/mol. The summed E-state index contributed by atoms with van der Waals surface area (Å²) in [5, 5.41) is 20.9. The van der Waals surface area contributed by atoms with E-state index in [1.54, 1.807) is 18.2 Å². The maximum Gasteiger partial charge on any atom is 0.215 e. The summed E-state index contributed by atoms with van der Waals surface area (Å²) >= 11 is 0. The van der Waals surface area contributed by atoms with Crippen LogP contribution in [-0.2, 0) is 22.3 Å². The van der Waals surface area contributed by atoms with Crippen LogP contribution in [0.5, 0.6) is 11.5 Å². The number of nitrogens with zero attached hydrogens (tertiary/aromatic N) is 1. The van der Waals surface area contributed by atoms with Gasteiger partial charge in [0, 0.05) is 24.0 Å². The summed E-state index contributed by atoms with van der Waals surface area (Å²) in [7, 11) is -3.29. The SMILES string of the molecule is Cc1ccccc1CS(=O)(=O)NCCCCCCCCCCCn1c(-c2ccc(O)cc2)c(C)c2cc(O)ccc21. The van der Waals surface area contributed by atoms with Gasteiger partial charge in [0.25, 0.3) is 0 Å². The van der Waals surface area contributed by atoms with Gasteiger partial charge in [0.1, 0.15) is 11.5 Å². The molecule has 3 N–H and O–H groups in total. The number of fused-ring (bicyclic) bond motifs is 1. The normalized spacial score (nSPS) is 11.9. The Labute approximate surface area is 245 Å². The molecule has 7 heteroatoms. The lowest BCUT2D eigenvalue weighted by Crippen LogP contribution is -2.26. The molecule has 0 spiro atoms. The van der Waals surface area contributed by atoms with Gasteiger partial charge in [0.05, 0.1) is 11.4 Å². The molecule has 3 aromatic carbocycles. The van der Waals surface area contributed by atoms with E-state index in [1.165, 1.54) is 25.7 Å². The van der Waals surface area contributed by atoms with E-state index in [9.17, 15) is 18.6 Å². The highest BCUT2D eigenvalue weighted by molar-refractivity contribution is 7.88. The molecule has 0 fully saturated rings. The quantitative estimate of drug-likeness (QED) is 0.118. The van der Waals surface area contributed by atoms with Crippen molar-refractivity contribution in [1.82, 2.24) is 9.29 Å². The molecule has 0 atom stereocenters. The van der Waals surface area contributed by atoms with E-state index >= 15 is 0 Å². The van der Waals surface area contributed by atoms with Crippen molar-refractivity contribution in [2.45, 2.75) is 83.9 Å². The summed E-state index contributed by atoms with van der Waals surface area (Å²) < 4.78 is 29.8. The molecule has 1 aromatic heterocycles. The molecule has 4 rings (SSSR count). The molecule has 0 bridgehead atoms. The zero-order chi connectivity index (χ0) is 29.2. The minimum absolute atomic E-state index is 0.0432. The topological polar surface area (TPSA) is 91.6 Å². The first-order chi connectivity index (χ1) is 19.7. The van der Waals surface area contributed by atoms with Crippen molar-refractivity contribution in [2.24, 2.45) is 0 Å². The monoisotopic (exact) mass is 576 g/mol. The summed E-state index contributed by atoms with van der Waals surface area (Å²) in [5.74, 6) is 0.571.